The molecule has 0 atom stereocenters. The smallest absolute Gasteiger partial charge is 0.295 e. The number of halogens is 1. The van der Waals surface area contributed by atoms with Gasteiger partial charge in [0, 0.05) is 19.8 Å². The van der Waals surface area contributed by atoms with Gasteiger partial charge in [-0.05, 0) is 24.3 Å². The number of fused-ring (bicyclic) bond motifs is 1. The molecule has 0 radical (unpaired) electrons. The molecule has 0 saturated heterocycles. The second-order valence-corrected chi connectivity index (χ2v) is 7.20. The van der Waals surface area contributed by atoms with Gasteiger partial charge in [0.05, 0.1) is 16.1 Å². The van der Waals surface area contributed by atoms with E-state index in [1.807, 2.05) is 0 Å². The van der Waals surface area contributed by atoms with Gasteiger partial charge in [0.2, 0.25) is 0 Å². The maximum atomic E-state index is 12.6. The normalized spacial score (nSPS) is 11.8. The van der Waals surface area contributed by atoms with Crippen LogP contribution in [-0.4, -0.2) is 17.6 Å². The Balaban J connectivity index is 2.18. The maximum Gasteiger partial charge on any atom is 0.328 e. The van der Waals surface area contributed by atoms with Crippen molar-refractivity contribution in [2.75, 3.05) is 4.72 Å². The van der Waals surface area contributed by atoms with E-state index in [4.69, 9.17) is 11.6 Å². The second kappa shape index (κ2) is 5.43. The summed E-state index contributed by atoms with van der Waals surface area (Å²) in [6, 6.07) is 11.4. The molecular formula is C15H14ClN3O3S. The van der Waals surface area contributed by atoms with Gasteiger partial charge >= 0.3 is 5.69 Å². The fourth-order valence-corrected chi connectivity index (χ4v) is 4.02. The van der Waals surface area contributed by atoms with Crippen molar-refractivity contribution in [2.45, 2.75) is 4.90 Å². The molecule has 1 heterocycles. The second-order valence-electron chi connectivity index (χ2n) is 5.14. The average molecular weight is 352 g/mol. The Morgan fingerprint density at radius 1 is 1.00 bits per heavy atom. The Morgan fingerprint density at radius 3 is 2.17 bits per heavy atom. The summed E-state index contributed by atoms with van der Waals surface area (Å²) in [6.07, 6.45) is 0. The molecule has 0 saturated carbocycles. The summed E-state index contributed by atoms with van der Waals surface area (Å²) in [6.45, 7) is 0. The highest BCUT2D eigenvalue weighted by atomic mass is 35.5. The Labute approximate surface area is 138 Å². The van der Waals surface area contributed by atoms with Crippen LogP contribution in [0.2, 0.25) is 5.02 Å². The molecule has 0 aliphatic carbocycles. The molecule has 0 spiro atoms. The molecule has 0 unspecified atom stereocenters. The van der Waals surface area contributed by atoms with Crippen molar-refractivity contribution in [1.82, 2.24) is 9.13 Å². The standard InChI is InChI=1S/C15H14ClN3O3S/c1-18-12-8-11(16)14(9-13(12)19(2)15(18)20)23(21,22)17-10-6-4-3-5-7-10/h3-9,17H,1-2H3. The lowest BCUT2D eigenvalue weighted by Crippen LogP contribution is -2.19. The van der Waals surface area contributed by atoms with E-state index >= 15 is 0 Å². The van der Waals surface area contributed by atoms with Crippen LogP contribution in [0.4, 0.5) is 5.69 Å². The lowest BCUT2D eigenvalue weighted by Gasteiger charge is -2.10. The number of benzene rings is 2. The molecular weight excluding hydrogens is 338 g/mol. The predicted octanol–water partition coefficient (Wildman–Crippen LogP) is 2.33. The van der Waals surface area contributed by atoms with Gasteiger partial charge in [0.15, 0.2) is 0 Å². The number of imidazole rings is 1. The summed E-state index contributed by atoms with van der Waals surface area (Å²) in [5.74, 6) is 0. The van der Waals surface area contributed by atoms with Gasteiger partial charge in [0.25, 0.3) is 10.0 Å². The van der Waals surface area contributed by atoms with E-state index in [1.54, 1.807) is 44.4 Å². The minimum absolute atomic E-state index is 0.0575. The third-order valence-electron chi connectivity index (χ3n) is 3.64. The van der Waals surface area contributed by atoms with Crippen molar-refractivity contribution >= 4 is 38.3 Å². The number of sulfonamides is 1. The van der Waals surface area contributed by atoms with Crippen molar-refractivity contribution < 1.29 is 8.42 Å². The summed E-state index contributed by atoms with van der Waals surface area (Å²) in [5.41, 5.74) is 1.25. The molecule has 23 heavy (non-hydrogen) atoms. The molecule has 0 aliphatic rings. The van der Waals surface area contributed by atoms with E-state index in [0.29, 0.717) is 16.7 Å². The van der Waals surface area contributed by atoms with Gasteiger partial charge in [-0.2, -0.15) is 0 Å². The maximum absolute atomic E-state index is 12.6. The number of aryl methyl sites for hydroxylation is 2. The molecule has 120 valence electrons. The molecule has 0 fully saturated rings. The van der Waals surface area contributed by atoms with Crippen LogP contribution in [-0.2, 0) is 24.1 Å². The van der Waals surface area contributed by atoms with E-state index in [9.17, 15) is 13.2 Å². The number of nitrogens with zero attached hydrogens (tertiary/aromatic N) is 2. The minimum Gasteiger partial charge on any atom is -0.295 e. The van der Waals surface area contributed by atoms with E-state index < -0.39 is 10.0 Å². The average Bonchev–Trinajstić information content (AvgIpc) is 2.71. The lowest BCUT2D eigenvalue weighted by molar-refractivity contribution is 0.601. The third kappa shape index (κ3) is 2.62. The van der Waals surface area contributed by atoms with Crippen LogP contribution in [0.3, 0.4) is 0 Å². The van der Waals surface area contributed by atoms with Gasteiger partial charge in [0.1, 0.15) is 4.90 Å². The van der Waals surface area contributed by atoms with Gasteiger partial charge < -0.3 is 0 Å². The highest BCUT2D eigenvalue weighted by Gasteiger charge is 2.21. The quantitative estimate of drug-likeness (QED) is 0.787. The monoisotopic (exact) mass is 351 g/mol. The Hall–Kier alpha value is -2.25. The summed E-state index contributed by atoms with van der Waals surface area (Å²) in [7, 11) is -0.671. The van der Waals surface area contributed by atoms with E-state index in [2.05, 4.69) is 4.72 Å². The molecule has 3 aromatic rings. The van der Waals surface area contributed by atoms with Crippen molar-refractivity contribution in [3.05, 3.63) is 58.0 Å². The highest BCUT2D eigenvalue weighted by molar-refractivity contribution is 7.92. The molecule has 1 N–H and O–H groups in total. The Morgan fingerprint density at radius 2 is 1.57 bits per heavy atom. The van der Waals surface area contributed by atoms with Crippen molar-refractivity contribution in [1.29, 1.82) is 0 Å². The van der Waals surface area contributed by atoms with Gasteiger partial charge in [-0.15, -0.1) is 0 Å². The predicted molar refractivity (Wildman–Crippen MR) is 90.4 cm³/mol. The number of hydrogen-bond acceptors (Lipinski definition) is 3. The van der Waals surface area contributed by atoms with Crippen LogP contribution in [0.1, 0.15) is 0 Å². The minimum atomic E-state index is -3.86. The van der Waals surface area contributed by atoms with E-state index in [1.165, 1.54) is 21.3 Å². The zero-order valence-electron chi connectivity index (χ0n) is 12.4. The Kier molecular flexibility index (Phi) is 3.69. The summed E-state index contributed by atoms with van der Waals surface area (Å²) < 4.78 is 30.4. The molecule has 8 heteroatoms. The van der Waals surface area contributed by atoms with Crippen LogP contribution in [0.15, 0.2) is 52.2 Å². The van der Waals surface area contributed by atoms with Crippen molar-refractivity contribution in [3.8, 4) is 0 Å². The highest BCUT2D eigenvalue weighted by Crippen LogP contribution is 2.28. The summed E-state index contributed by atoms with van der Waals surface area (Å²) in [4.78, 5) is 11.9. The van der Waals surface area contributed by atoms with Crippen molar-refractivity contribution in [3.63, 3.8) is 0 Å². The summed E-state index contributed by atoms with van der Waals surface area (Å²) in [5, 5.41) is 0.0575. The molecule has 0 aliphatic heterocycles. The van der Waals surface area contributed by atoms with Crippen LogP contribution in [0.25, 0.3) is 11.0 Å². The topological polar surface area (TPSA) is 73.1 Å². The third-order valence-corrected chi connectivity index (χ3v) is 5.49. The molecule has 2 aromatic carbocycles. The molecule has 6 nitrogen and oxygen atoms in total. The summed E-state index contributed by atoms with van der Waals surface area (Å²) >= 11 is 6.14. The molecule has 3 rings (SSSR count). The van der Waals surface area contributed by atoms with Crippen LogP contribution in [0.5, 0.6) is 0 Å². The SMILES string of the molecule is Cn1c(=O)n(C)c2cc(S(=O)(=O)Nc3ccccc3)c(Cl)cc21. The van der Waals surface area contributed by atoms with Gasteiger partial charge in [-0.1, -0.05) is 29.8 Å². The zero-order valence-corrected chi connectivity index (χ0v) is 14.0. The lowest BCUT2D eigenvalue weighted by atomic mass is 10.3. The first-order chi connectivity index (χ1) is 10.8. The van der Waals surface area contributed by atoms with Gasteiger partial charge in [-0.25, -0.2) is 13.2 Å². The van der Waals surface area contributed by atoms with E-state index in [-0.39, 0.29) is 15.6 Å². The number of nitrogens with one attached hydrogen (secondary N) is 1. The van der Waals surface area contributed by atoms with Crippen LogP contribution in [0, 0.1) is 0 Å². The molecule has 0 amide bonds. The number of para-hydroxylation sites is 1. The number of rotatable bonds is 3. The number of hydrogen-bond donors (Lipinski definition) is 1. The first-order valence-electron chi connectivity index (χ1n) is 6.74. The van der Waals surface area contributed by atoms with Crippen LogP contribution < -0.4 is 10.4 Å². The molecule has 0 bridgehead atoms. The number of anilines is 1. The van der Waals surface area contributed by atoms with Gasteiger partial charge in [-0.3, -0.25) is 13.9 Å². The Bertz CT molecular complexity index is 1050. The largest absolute Gasteiger partial charge is 0.328 e. The number of aromatic nitrogens is 2. The van der Waals surface area contributed by atoms with Crippen molar-refractivity contribution in [2.24, 2.45) is 14.1 Å². The first kappa shape index (κ1) is 15.6. The first-order valence-corrected chi connectivity index (χ1v) is 8.60. The van der Waals surface area contributed by atoms with E-state index in [0.717, 1.165) is 0 Å². The zero-order chi connectivity index (χ0) is 16.8. The molecule has 1 aromatic heterocycles. The fourth-order valence-electron chi connectivity index (χ4n) is 2.42. The van der Waals surface area contributed by atoms with Crippen LogP contribution >= 0.6 is 11.6 Å². The fraction of sp³-hybridized carbons (Fsp3) is 0.133.